The van der Waals surface area contributed by atoms with Crippen molar-refractivity contribution in [1.29, 1.82) is 0 Å². The van der Waals surface area contributed by atoms with Crippen LogP contribution in [0.1, 0.15) is 78.5 Å². The molecule has 0 aliphatic carbocycles. The van der Waals surface area contributed by atoms with Crippen molar-refractivity contribution in [3.05, 3.63) is 46.7 Å². The van der Waals surface area contributed by atoms with Crippen LogP contribution in [-0.4, -0.2) is 83.6 Å². The van der Waals surface area contributed by atoms with Gasteiger partial charge in [-0.25, -0.2) is 14.4 Å². The summed E-state index contributed by atoms with van der Waals surface area (Å²) in [6.07, 6.45) is 0. The molecular formula is C29H45N5O4. The number of hydrogen-bond acceptors (Lipinski definition) is 5. The number of urea groups is 2. The highest BCUT2D eigenvalue weighted by Gasteiger charge is 2.39. The van der Waals surface area contributed by atoms with Crippen molar-refractivity contribution in [3.8, 4) is 0 Å². The third kappa shape index (κ3) is 6.87. The van der Waals surface area contributed by atoms with Gasteiger partial charge >= 0.3 is 18.0 Å². The van der Waals surface area contributed by atoms with Gasteiger partial charge < -0.3 is 20.3 Å². The van der Waals surface area contributed by atoms with Gasteiger partial charge in [-0.1, -0.05) is 38.1 Å². The maximum absolute atomic E-state index is 13.4. The molecule has 2 aliphatic rings. The number of rotatable bonds is 7. The molecule has 9 nitrogen and oxygen atoms in total. The van der Waals surface area contributed by atoms with Crippen LogP contribution in [0.25, 0.3) is 0 Å². The summed E-state index contributed by atoms with van der Waals surface area (Å²) in [6.45, 7) is 18.8. The van der Waals surface area contributed by atoms with Crippen LogP contribution in [0.15, 0.2) is 35.5 Å². The maximum Gasteiger partial charge on any atom is 0.338 e. The van der Waals surface area contributed by atoms with E-state index >= 15 is 0 Å². The summed E-state index contributed by atoms with van der Waals surface area (Å²) in [7, 11) is 0. The molecule has 0 aromatic heterocycles. The quantitative estimate of drug-likeness (QED) is 0.518. The molecule has 1 saturated heterocycles. The van der Waals surface area contributed by atoms with E-state index in [1.54, 1.807) is 11.8 Å². The number of ether oxygens (including phenoxy) is 1. The van der Waals surface area contributed by atoms with Gasteiger partial charge in [0.2, 0.25) is 0 Å². The number of carbonyl (C=O) groups is 3. The number of carbonyl (C=O) groups excluding carboxylic acids is 3. The first-order valence-electron chi connectivity index (χ1n) is 13.7. The Labute approximate surface area is 227 Å². The minimum atomic E-state index is -0.600. The van der Waals surface area contributed by atoms with Crippen LogP contribution in [0, 0.1) is 0 Å². The summed E-state index contributed by atoms with van der Waals surface area (Å²) >= 11 is 0. The van der Waals surface area contributed by atoms with E-state index in [-0.39, 0.29) is 30.2 Å². The number of esters is 1. The SMILES string of the molecule is CCOC(=O)C1=C(CN2CCN(C(=O)NC(C)(C)C)[C@@H](C)C2)N(CC)C(=O)N[C@H]1c1ccc(C(C)C)cc1. The van der Waals surface area contributed by atoms with Crippen LogP contribution in [0.2, 0.25) is 0 Å². The molecule has 0 unspecified atom stereocenters. The number of piperazine rings is 1. The van der Waals surface area contributed by atoms with E-state index in [9.17, 15) is 14.4 Å². The predicted octanol–water partition coefficient (Wildman–Crippen LogP) is 4.23. The van der Waals surface area contributed by atoms with Gasteiger partial charge in [0.15, 0.2) is 0 Å². The highest BCUT2D eigenvalue weighted by atomic mass is 16.5. The van der Waals surface area contributed by atoms with Gasteiger partial charge in [0.25, 0.3) is 0 Å². The van der Waals surface area contributed by atoms with E-state index < -0.39 is 12.0 Å². The number of hydrogen-bond donors (Lipinski definition) is 2. The normalized spacial score (nSPS) is 21.0. The Kier molecular flexibility index (Phi) is 9.46. The van der Waals surface area contributed by atoms with Crippen LogP contribution in [0.3, 0.4) is 0 Å². The molecule has 1 aromatic rings. The Morgan fingerprint density at radius 1 is 1.13 bits per heavy atom. The highest BCUT2D eigenvalue weighted by molar-refractivity contribution is 5.95. The first-order chi connectivity index (χ1) is 17.9. The molecule has 9 heteroatoms. The van der Waals surface area contributed by atoms with Gasteiger partial charge in [-0.15, -0.1) is 0 Å². The zero-order valence-electron chi connectivity index (χ0n) is 24.3. The lowest BCUT2D eigenvalue weighted by atomic mass is 9.92. The Hall–Kier alpha value is -3.07. The van der Waals surface area contributed by atoms with E-state index in [1.165, 1.54) is 5.56 Å². The minimum absolute atomic E-state index is 0.0235. The van der Waals surface area contributed by atoms with Gasteiger partial charge in [-0.2, -0.15) is 0 Å². The molecule has 210 valence electrons. The molecule has 1 fully saturated rings. The van der Waals surface area contributed by atoms with Gasteiger partial charge in [0.05, 0.1) is 18.2 Å². The maximum atomic E-state index is 13.4. The van der Waals surface area contributed by atoms with Crippen molar-refractivity contribution in [1.82, 2.24) is 25.3 Å². The average molecular weight is 528 g/mol. The number of amides is 4. The number of nitrogens with zero attached hydrogens (tertiary/aromatic N) is 3. The number of likely N-dealkylation sites (N-methyl/N-ethyl adjacent to an activating group) is 1. The summed E-state index contributed by atoms with van der Waals surface area (Å²) in [4.78, 5) is 45.1. The lowest BCUT2D eigenvalue weighted by Gasteiger charge is -2.43. The monoisotopic (exact) mass is 527 g/mol. The molecule has 0 radical (unpaired) electrons. The van der Waals surface area contributed by atoms with Crippen LogP contribution < -0.4 is 10.6 Å². The van der Waals surface area contributed by atoms with E-state index in [0.29, 0.717) is 49.9 Å². The third-order valence-electron chi connectivity index (χ3n) is 7.01. The average Bonchev–Trinajstić information content (AvgIpc) is 2.83. The lowest BCUT2D eigenvalue weighted by Crippen LogP contribution is -2.59. The first-order valence-corrected chi connectivity index (χ1v) is 13.7. The van der Waals surface area contributed by atoms with Crippen molar-refractivity contribution in [2.45, 2.75) is 78.9 Å². The molecule has 2 N–H and O–H groups in total. The number of benzene rings is 1. The second-order valence-corrected chi connectivity index (χ2v) is 11.5. The van der Waals surface area contributed by atoms with E-state index in [4.69, 9.17) is 4.74 Å². The minimum Gasteiger partial charge on any atom is -0.463 e. The first kappa shape index (κ1) is 29.5. The molecule has 2 aliphatic heterocycles. The van der Waals surface area contributed by atoms with Crippen molar-refractivity contribution in [2.75, 3.05) is 39.3 Å². The molecule has 2 heterocycles. The molecular weight excluding hydrogens is 482 g/mol. The van der Waals surface area contributed by atoms with E-state index in [2.05, 4.69) is 29.4 Å². The van der Waals surface area contributed by atoms with Crippen LogP contribution in [0.4, 0.5) is 9.59 Å². The molecule has 3 rings (SSSR count). The van der Waals surface area contributed by atoms with Crippen LogP contribution >= 0.6 is 0 Å². The smallest absolute Gasteiger partial charge is 0.338 e. The predicted molar refractivity (Wildman–Crippen MR) is 149 cm³/mol. The molecule has 0 spiro atoms. The fourth-order valence-corrected chi connectivity index (χ4v) is 5.06. The van der Waals surface area contributed by atoms with Crippen molar-refractivity contribution in [3.63, 3.8) is 0 Å². The Balaban J connectivity index is 1.93. The zero-order valence-corrected chi connectivity index (χ0v) is 24.3. The largest absolute Gasteiger partial charge is 0.463 e. The van der Waals surface area contributed by atoms with Gasteiger partial charge in [-0.05, 0) is 58.6 Å². The third-order valence-corrected chi connectivity index (χ3v) is 7.01. The summed E-state index contributed by atoms with van der Waals surface area (Å²) in [5, 5.41) is 6.09. The molecule has 0 saturated carbocycles. The molecule has 38 heavy (non-hydrogen) atoms. The fourth-order valence-electron chi connectivity index (χ4n) is 5.06. The zero-order chi connectivity index (χ0) is 28.2. The lowest BCUT2D eigenvalue weighted by molar-refractivity contribution is -0.139. The second kappa shape index (κ2) is 12.2. The molecule has 1 aromatic carbocycles. The highest BCUT2D eigenvalue weighted by Crippen LogP contribution is 2.33. The Morgan fingerprint density at radius 2 is 1.79 bits per heavy atom. The number of nitrogens with one attached hydrogen (secondary N) is 2. The van der Waals surface area contributed by atoms with Gasteiger partial charge in [0, 0.05) is 50.0 Å². The Bertz CT molecular complexity index is 1040. The van der Waals surface area contributed by atoms with Gasteiger partial charge in [0.1, 0.15) is 0 Å². The van der Waals surface area contributed by atoms with E-state index in [0.717, 1.165) is 5.56 Å². The van der Waals surface area contributed by atoms with E-state index in [1.807, 2.05) is 63.8 Å². The summed E-state index contributed by atoms with van der Waals surface area (Å²) in [6, 6.07) is 7.12. The van der Waals surface area contributed by atoms with Crippen molar-refractivity contribution in [2.24, 2.45) is 0 Å². The summed E-state index contributed by atoms with van der Waals surface area (Å²) < 4.78 is 5.50. The van der Waals surface area contributed by atoms with Crippen LogP contribution in [-0.2, 0) is 9.53 Å². The second-order valence-electron chi connectivity index (χ2n) is 11.5. The molecule has 2 atom stereocenters. The summed E-state index contributed by atoms with van der Waals surface area (Å²) in [5.74, 6) is -0.0440. The molecule has 0 bridgehead atoms. The Morgan fingerprint density at radius 3 is 2.32 bits per heavy atom. The standard InChI is InChI=1S/C29H45N5O4/c1-9-33-23(18-32-15-16-34(20(5)17-32)28(37)31-29(6,7)8)24(26(35)38-10-2)25(30-27(33)36)22-13-11-21(12-14-22)19(3)4/h11-14,19-20,25H,9-10,15-18H2,1-8H3,(H,30,36)(H,31,37)/t20-,25-/m0/s1. The topological polar surface area (TPSA) is 94.2 Å². The van der Waals surface area contributed by atoms with Gasteiger partial charge in [-0.3, -0.25) is 9.80 Å². The van der Waals surface area contributed by atoms with Crippen LogP contribution in [0.5, 0.6) is 0 Å². The molecule has 4 amide bonds. The summed E-state index contributed by atoms with van der Waals surface area (Å²) in [5.41, 5.74) is 2.84. The van der Waals surface area contributed by atoms with Crippen molar-refractivity contribution >= 4 is 18.0 Å². The van der Waals surface area contributed by atoms with Crippen molar-refractivity contribution < 1.29 is 19.1 Å². The fraction of sp³-hybridized carbons (Fsp3) is 0.621.